The van der Waals surface area contributed by atoms with Crippen LogP contribution in [0.5, 0.6) is 11.5 Å². The minimum absolute atomic E-state index is 0.0584. The van der Waals surface area contributed by atoms with E-state index in [9.17, 15) is 23.4 Å². The van der Waals surface area contributed by atoms with Crippen LogP contribution in [0.4, 0.5) is 0 Å². The SMILES string of the molecule is CCN(CC)S(=O)(=O)c1cc(C(=O)NCCc2ccc(O)c(O)c2)ccc1Cl. The van der Waals surface area contributed by atoms with Gasteiger partial charge in [0.1, 0.15) is 4.90 Å². The number of nitrogens with zero attached hydrogens (tertiary/aromatic N) is 1. The third-order valence-electron chi connectivity index (χ3n) is 4.26. The lowest BCUT2D eigenvalue weighted by atomic mass is 10.1. The van der Waals surface area contributed by atoms with Crippen molar-refractivity contribution in [2.24, 2.45) is 0 Å². The Kier molecular flexibility index (Phi) is 7.29. The summed E-state index contributed by atoms with van der Waals surface area (Å²) in [7, 11) is -3.79. The first-order valence-electron chi connectivity index (χ1n) is 8.79. The maximum absolute atomic E-state index is 12.7. The molecule has 28 heavy (non-hydrogen) atoms. The summed E-state index contributed by atoms with van der Waals surface area (Å²) >= 11 is 6.07. The maximum atomic E-state index is 12.7. The van der Waals surface area contributed by atoms with Gasteiger partial charge in [0.05, 0.1) is 5.02 Å². The van der Waals surface area contributed by atoms with Crippen molar-refractivity contribution >= 4 is 27.5 Å². The van der Waals surface area contributed by atoms with Crippen LogP contribution in [0.25, 0.3) is 0 Å². The smallest absolute Gasteiger partial charge is 0.251 e. The van der Waals surface area contributed by atoms with Crippen LogP contribution in [-0.2, 0) is 16.4 Å². The van der Waals surface area contributed by atoms with Gasteiger partial charge in [0.2, 0.25) is 10.0 Å². The Balaban J connectivity index is 2.12. The fraction of sp³-hybridized carbons (Fsp3) is 0.316. The summed E-state index contributed by atoms with van der Waals surface area (Å²) in [6, 6.07) is 8.56. The Bertz CT molecular complexity index is 959. The molecule has 0 saturated heterocycles. The summed E-state index contributed by atoms with van der Waals surface area (Å²) in [6.45, 7) is 4.32. The molecule has 7 nitrogen and oxygen atoms in total. The third kappa shape index (κ3) is 4.95. The molecule has 0 radical (unpaired) electrons. The van der Waals surface area contributed by atoms with Gasteiger partial charge in [-0.25, -0.2) is 8.42 Å². The monoisotopic (exact) mass is 426 g/mol. The van der Waals surface area contributed by atoms with E-state index < -0.39 is 15.9 Å². The lowest BCUT2D eigenvalue weighted by Gasteiger charge is -2.19. The van der Waals surface area contributed by atoms with E-state index >= 15 is 0 Å². The van der Waals surface area contributed by atoms with Crippen molar-refractivity contribution in [3.8, 4) is 11.5 Å². The highest BCUT2D eigenvalue weighted by molar-refractivity contribution is 7.89. The Morgan fingerprint density at radius 2 is 1.75 bits per heavy atom. The molecule has 0 aromatic heterocycles. The van der Waals surface area contributed by atoms with Gasteiger partial charge in [-0.15, -0.1) is 0 Å². The first-order chi connectivity index (χ1) is 13.2. The molecule has 0 spiro atoms. The normalized spacial score (nSPS) is 11.6. The molecule has 3 N–H and O–H groups in total. The van der Waals surface area contributed by atoms with Gasteiger partial charge in [-0.2, -0.15) is 4.31 Å². The molecule has 0 unspecified atom stereocenters. The topological polar surface area (TPSA) is 107 Å². The van der Waals surface area contributed by atoms with Crippen molar-refractivity contribution in [2.75, 3.05) is 19.6 Å². The fourth-order valence-electron chi connectivity index (χ4n) is 2.69. The van der Waals surface area contributed by atoms with Crippen LogP contribution in [0.1, 0.15) is 29.8 Å². The lowest BCUT2D eigenvalue weighted by molar-refractivity contribution is 0.0954. The van der Waals surface area contributed by atoms with E-state index in [1.165, 1.54) is 34.6 Å². The van der Waals surface area contributed by atoms with Gasteiger partial charge in [-0.3, -0.25) is 4.79 Å². The predicted molar refractivity (Wildman–Crippen MR) is 107 cm³/mol. The Labute approximate surface area is 169 Å². The number of benzene rings is 2. The van der Waals surface area contributed by atoms with Gasteiger partial charge in [-0.1, -0.05) is 31.5 Å². The number of nitrogens with one attached hydrogen (secondary N) is 1. The molecule has 9 heteroatoms. The number of carbonyl (C=O) groups excluding carboxylic acids is 1. The number of phenols is 2. The van der Waals surface area contributed by atoms with E-state index in [-0.39, 0.29) is 33.5 Å². The first kappa shape index (κ1) is 22.0. The van der Waals surface area contributed by atoms with Gasteiger partial charge in [0, 0.05) is 25.2 Å². The van der Waals surface area contributed by atoms with Crippen LogP contribution in [0.15, 0.2) is 41.3 Å². The van der Waals surface area contributed by atoms with E-state index in [0.29, 0.717) is 19.5 Å². The van der Waals surface area contributed by atoms with E-state index in [2.05, 4.69) is 5.32 Å². The van der Waals surface area contributed by atoms with Crippen molar-refractivity contribution in [1.29, 1.82) is 0 Å². The first-order valence-corrected chi connectivity index (χ1v) is 10.6. The second-order valence-electron chi connectivity index (χ2n) is 6.06. The molecule has 2 rings (SSSR count). The number of hydrogen-bond acceptors (Lipinski definition) is 5. The standard InChI is InChI=1S/C19H23ClN2O5S/c1-3-22(4-2)28(26,27)18-12-14(6-7-15(18)20)19(25)21-10-9-13-5-8-16(23)17(24)11-13/h5-8,11-12,23-24H,3-4,9-10H2,1-2H3,(H,21,25). The van der Waals surface area contributed by atoms with Gasteiger partial charge in [0.25, 0.3) is 5.91 Å². The van der Waals surface area contributed by atoms with Crippen LogP contribution in [0.3, 0.4) is 0 Å². The molecule has 0 bridgehead atoms. The quantitative estimate of drug-likeness (QED) is 0.562. The number of sulfonamides is 1. The summed E-state index contributed by atoms with van der Waals surface area (Å²) in [6.07, 6.45) is 0.428. The number of halogens is 1. The minimum atomic E-state index is -3.79. The molecule has 2 aromatic carbocycles. The zero-order valence-corrected chi connectivity index (χ0v) is 17.2. The summed E-state index contributed by atoms with van der Waals surface area (Å²) in [5.41, 5.74) is 0.917. The van der Waals surface area contributed by atoms with Crippen LogP contribution >= 0.6 is 11.6 Å². The molecule has 2 aromatic rings. The van der Waals surface area contributed by atoms with Crippen LogP contribution in [-0.4, -0.2) is 48.5 Å². The Morgan fingerprint density at radius 1 is 1.07 bits per heavy atom. The van der Waals surface area contributed by atoms with Crippen molar-refractivity contribution in [1.82, 2.24) is 9.62 Å². The summed E-state index contributed by atoms with van der Waals surface area (Å²) in [5, 5.41) is 21.6. The number of amides is 1. The molecule has 0 saturated carbocycles. The van der Waals surface area contributed by atoms with Crippen LogP contribution in [0, 0.1) is 0 Å². The average Bonchev–Trinajstić information content (AvgIpc) is 2.65. The molecule has 0 aliphatic heterocycles. The van der Waals surface area contributed by atoms with Crippen molar-refractivity contribution < 1.29 is 23.4 Å². The fourth-order valence-corrected chi connectivity index (χ4v) is 4.65. The van der Waals surface area contributed by atoms with Gasteiger partial charge < -0.3 is 15.5 Å². The van der Waals surface area contributed by atoms with Crippen molar-refractivity contribution in [3.05, 3.63) is 52.5 Å². The van der Waals surface area contributed by atoms with E-state index in [1.807, 2.05) is 0 Å². The molecule has 0 heterocycles. The highest BCUT2D eigenvalue weighted by atomic mass is 35.5. The number of rotatable bonds is 8. The van der Waals surface area contributed by atoms with Gasteiger partial charge >= 0.3 is 0 Å². The van der Waals surface area contributed by atoms with E-state index in [4.69, 9.17) is 11.6 Å². The highest BCUT2D eigenvalue weighted by Gasteiger charge is 2.25. The summed E-state index contributed by atoms with van der Waals surface area (Å²) in [5.74, 6) is -0.876. The lowest BCUT2D eigenvalue weighted by Crippen LogP contribution is -2.31. The molecule has 1 amide bonds. The number of carbonyl (C=O) groups is 1. The van der Waals surface area contributed by atoms with E-state index in [1.54, 1.807) is 19.9 Å². The second-order valence-corrected chi connectivity index (χ2v) is 8.38. The van der Waals surface area contributed by atoms with Crippen LogP contribution in [0.2, 0.25) is 5.02 Å². The molecular weight excluding hydrogens is 404 g/mol. The molecule has 152 valence electrons. The maximum Gasteiger partial charge on any atom is 0.251 e. The zero-order chi connectivity index (χ0) is 20.9. The number of aromatic hydroxyl groups is 2. The zero-order valence-electron chi connectivity index (χ0n) is 15.6. The molecule has 0 aliphatic rings. The predicted octanol–water partition coefficient (Wildman–Crippen LogP) is 2.75. The highest BCUT2D eigenvalue weighted by Crippen LogP contribution is 2.26. The Morgan fingerprint density at radius 3 is 2.36 bits per heavy atom. The largest absolute Gasteiger partial charge is 0.504 e. The molecule has 0 fully saturated rings. The summed E-state index contributed by atoms with van der Waals surface area (Å²) in [4.78, 5) is 12.3. The molecule has 0 aliphatic carbocycles. The Hall–Kier alpha value is -2.29. The van der Waals surface area contributed by atoms with Gasteiger partial charge in [0.15, 0.2) is 11.5 Å². The molecule has 0 atom stereocenters. The summed E-state index contributed by atoms with van der Waals surface area (Å²) < 4.78 is 26.7. The van der Waals surface area contributed by atoms with E-state index in [0.717, 1.165) is 5.56 Å². The third-order valence-corrected chi connectivity index (χ3v) is 6.79. The number of phenolic OH excluding ortho intramolecular Hbond substituents is 2. The molecular formula is C19H23ClN2O5S. The van der Waals surface area contributed by atoms with Crippen LogP contribution < -0.4 is 5.32 Å². The average molecular weight is 427 g/mol. The van der Waals surface area contributed by atoms with Gasteiger partial charge in [-0.05, 0) is 42.3 Å². The van der Waals surface area contributed by atoms with Crippen molar-refractivity contribution in [3.63, 3.8) is 0 Å². The minimum Gasteiger partial charge on any atom is -0.504 e. The number of hydrogen-bond donors (Lipinski definition) is 3. The second kappa shape index (κ2) is 9.27. The van der Waals surface area contributed by atoms with Crippen molar-refractivity contribution in [2.45, 2.75) is 25.2 Å².